The first-order chi connectivity index (χ1) is 64.0. The number of rotatable bonds is 24. The molecule has 46 nitrogen and oxygen atoms in total. The maximum atomic E-state index is 12.1. The van der Waals surface area contributed by atoms with Crippen LogP contribution in [-0.4, -0.2) is 272 Å². The van der Waals surface area contributed by atoms with Gasteiger partial charge in [-0.25, -0.2) is 39.5 Å². The Kier molecular flexibility index (Phi) is 29.5. The minimum atomic E-state index is -1.83. The smallest absolute Gasteiger partial charge is 0.373 e. The summed E-state index contributed by atoms with van der Waals surface area (Å²) < 4.78 is 40.0. The van der Waals surface area contributed by atoms with E-state index in [9.17, 15) is 86.3 Å². The highest BCUT2D eigenvalue weighted by Crippen LogP contribution is 2.44. The average Bonchev–Trinajstić information content (AvgIpc) is 1.63. The second kappa shape index (κ2) is 42.0. The fourth-order valence-corrected chi connectivity index (χ4v) is 18.4. The van der Waals surface area contributed by atoms with Crippen molar-refractivity contribution in [3.05, 3.63) is 105 Å². The van der Waals surface area contributed by atoms with Gasteiger partial charge >= 0.3 is 24.1 Å². The fraction of sp³-hybridized carbons (Fsp3) is 0.488. The number of hydrogen-bond acceptors (Lipinski definition) is 36. The molecule has 0 bridgehead atoms. The summed E-state index contributed by atoms with van der Waals surface area (Å²) in [4.78, 5) is 97.7. The Balaban J connectivity index is 0.000000134. The molecular weight excluding hydrogens is 1720 g/mol. The van der Waals surface area contributed by atoms with Crippen molar-refractivity contribution in [2.45, 2.75) is 232 Å². The number of aliphatic hydroxyl groups excluding tert-OH is 9. The van der Waals surface area contributed by atoms with Gasteiger partial charge in [-0.3, -0.25) is 23.5 Å². The summed E-state index contributed by atoms with van der Waals surface area (Å²) in [5.74, 6) is -1.44. The van der Waals surface area contributed by atoms with E-state index in [-0.39, 0.29) is 72.7 Å². The molecule has 7 fully saturated rings. The zero-order valence-electron chi connectivity index (χ0n) is 70.5. The topological polar surface area (TPSA) is 696 Å². The number of hydrogen-bond donors (Lipinski definition) is 15. The summed E-state index contributed by atoms with van der Waals surface area (Å²) in [6.45, 7) is -0.186. The highest BCUT2D eigenvalue weighted by Gasteiger charge is 2.51. The van der Waals surface area contributed by atoms with Crippen molar-refractivity contribution in [3.63, 3.8) is 0 Å². The van der Waals surface area contributed by atoms with Crippen LogP contribution < -0.4 is 14.2 Å². The van der Waals surface area contributed by atoms with Gasteiger partial charge in [-0.2, -0.15) is 61.0 Å². The van der Waals surface area contributed by atoms with Crippen LogP contribution in [0.2, 0.25) is 0 Å². The average molecular weight is 1820 g/mol. The molecular formula is C86H94N24O22. The monoisotopic (exact) mass is 1810 g/mol. The first-order valence-electron chi connectivity index (χ1n) is 43.0. The second-order valence-corrected chi connectivity index (χ2v) is 33.1. The Morgan fingerprint density at radius 2 is 0.902 bits per heavy atom. The van der Waals surface area contributed by atoms with Crippen LogP contribution in [-0.2, 0) is 38.2 Å². The number of aliphatic hydroxyl groups is 9. The molecule has 0 amide bonds. The molecule has 15 heterocycles. The molecule has 3 saturated heterocycles. The van der Waals surface area contributed by atoms with Crippen molar-refractivity contribution in [1.29, 1.82) is 21.0 Å². The van der Waals surface area contributed by atoms with Gasteiger partial charge in [0.1, 0.15) is 102 Å². The normalized spacial score (nSPS) is 25.3. The molecule has 19 rings (SSSR count). The summed E-state index contributed by atoms with van der Waals surface area (Å²) in [5.41, 5.74) is 7.48. The highest BCUT2D eigenvalue weighted by atomic mass is 16.7. The number of carboxylic acids is 2. The van der Waals surface area contributed by atoms with Crippen molar-refractivity contribution in [2.24, 2.45) is 23.7 Å². The Morgan fingerprint density at radius 1 is 0.470 bits per heavy atom. The van der Waals surface area contributed by atoms with Gasteiger partial charge in [0.05, 0.1) is 134 Å². The molecule has 0 spiro atoms. The lowest BCUT2D eigenvalue weighted by molar-refractivity contribution is -0.271. The van der Waals surface area contributed by atoms with Gasteiger partial charge in [-0.15, -0.1) is 0 Å². The van der Waals surface area contributed by atoms with Gasteiger partial charge in [0.2, 0.25) is 18.9 Å². The predicted molar refractivity (Wildman–Crippen MR) is 449 cm³/mol. The molecule has 4 saturated carbocycles. The highest BCUT2D eigenvalue weighted by molar-refractivity contribution is 5.96. The number of nitrogens with zero attached hydrogens (tertiary/aromatic N) is 20. The van der Waals surface area contributed by atoms with Crippen LogP contribution in [0.1, 0.15) is 146 Å². The summed E-state index contributed by atoms with van der Waals surface area (Å²) in [5, 5.41) is 167. The Morgan fingerprint density at radius 3 is 1.39 bits per heavy atom. The number of aromatic nitrogens is 20. The minimum absolute atomic E-state index is 0.0115. The first-order valence-corrected chi connectivity index (χ1v) is 43.0. The molecule has 690 valence electrons. The standard InChI is InChI=1S/2C23H26N6O7.C22H26N6O5.C17H16N6O.CO2/c24-6-5-14(11-3-1-2-4-11)29-9-12(8-27-29)16-13-7-15(28-21(13)26-10-25-16)35-23-19(32)17(30)18(31)20(36-23)22(33)34;24-6-5-13(11-3-1-2-4-11)29-9-12(7-28-29)16-15-14(8-25-21(15)27-10-26-16)35-23-19(32)17(30)18(31)20(36-23)22(33)34;23-7-5-15(12-3-1-2-4-12)28-10-13(9-25-28)17-14-6-8-24-20(14)27-22(26-17)33-21-19(31)18(30)16(29)11-32-21;18-6-4-14(12-2-1-3-15(12)24)23-9-11(8-22-23)16-13-5-7-19-17(13)21-10-20-16;2-1-3/h7-11,14,17-20,23,30-32H,1-5H2,(H,33,34)(H,25,26,28);7-11,13,17-20,23,30-32H,1-5H2,(H,33,34)(H,25,26,27);6,8-10,12,15-16,18-19,21,29-31H,1-5,11H2,(H,24,26,27);5,7-10,12,14H,1-4H2,(H,19,20,21);. The van der Waals surface area contributed by atoms with Crippen LogP contribution in [0.15, 0.2) is 105 Å². The number of Topliss-reactive ketones (excluding diaryl/α,β-unsaturated/α-hetero) is 1. The first kappa shape index (κ1) is 92.9. The molecule has 19 unspecified atom stereocenters. The van der Waals surface area contributed by atoms with Gasteiger partial charge in [-0.1, -0.05) is 38.5 Å². The molecule has 46 heteroatoms. The molecule has 12 aromatic rings. The third-order valence-electron chi connectivity index (χ3n) is 25.1. The number of aromatic amines is 4. The van der Waals surface area contributed by atoms with E-state index in [1.165, 1.54) is 38.0 Å². The molecule has 15 N–H and O–H groups in total. The van der Waals surface area contributed by atoms with Crippen molar-refractivity contribution < 1.29 is 109 Å². The van der Waals surface area contributed by atoms with Gasteiger partial charge in [0.25, 0.3) is 0 Å². The maximum absolute atomic E-state index is 12.1. The van der Waals surface area contributed by atoms with E-state index in [0.29, 0.717) is 99.4 Å². The quantitative estimate of drug-likeness (QED) is 0.0385. The Bertz CT molecular complexity index is 6200. The lowest BCUT2D eigenvalue weighted by Gasteiger charge is -2.38. The number of carboxylic acid groups (broad SMARTS) is 2. The predicted octanol–water partition coefficient (Wildman–Crippen LogP) is 4.82. The largest absolute Gasteiger partial charge is 0.479 e. The third-order valence-corrected chi connectivity index (χ3v) is 25.1. The molecule has 0 aromatic carbocycles. The molecule has 12 aromatic heterocycles. The number of nitriles is 4. The Hall–Kier alpha value is -13.8. The van der Waals surface area contributed by atoms with E-state index in [1.807, 2.05) is 52.5 Å². The summed E-state index contributed by atoms with van der Waals surface area (Å²) in [6.07, 6.45) is 18.2. The number of ketones is 1. The van der Waals surface area contributed by atoms with E-state index >= 15 is 0 Å². The Labute approximate surface area is 748 Å². The summed E-state index contributed by atoms with van der Waals surface area (Å²) in [7, 11) is 0. The number of nitrogens with one attached hydrogen (secondary N) is 4. The zero-order chi connectivity index (χ0) is 93.0. The summed E-state index contributed by atoms with van der Waals surface area (Å²) >= 11 is 0. The zero-order valence-corrected chi connectivity index (χ0v) is 70.5. The second-order valence-electron chi connectivity index (χ2n) is 33.1. The van der Waals surface area contributed by atoms with E-state index in [2.05, 4.69) is 104 Å². The lowest BCUT2D eigenvalue weighted by Crippen LogP contribution is -2.61. The van der Waals surface area contributed by atoms with Crippen LogP contribution in [0.3, 0.4) is 0 Å². The van der Waals surface area contributed by atoms with E-state index in [1.54, 1.807) is 46.4 Å². The molecule has 132 heavy (non-hydrogen) atoms. The van der Waals surface area contributed by atoms with Crippen molar-refractivity contribution >= 4 is 68.0 Å². The van der Waals surface area contributed by atoms with E-state index < -0.39 is 98.0 Å². The number of carbonyl (C=O) groups is 3. The van der Waals surface area contributed by atoms with Crippen LogP contribution in [0.4, 0.5) is 0 Å². The van der Waals surface area contributed by atoms with E-state index in [0.717, 1.165) is 110 Å². The molecule has 0 radical (unpaired) electrons. The van der Waals surface area contributed by atoms with Crippen LogP contribution in [0.5, 0.6) is 17.6 Å². The van der Waals surface area contributed by atoms with Gasteiger partial charge in [0.15, 0.2) is 23.8 Å². The maximum Gasteiger partial charge on any atom is 0.373 e. The van der Waals surface area contributed by atoms with Gasteiger partial charge in [-0.05, 0) is 81.3 Å². The van der Waals surface area contributed by atoms with Crippen LogP contribution >= 0.6 is 0 Å². The molecule has 4 aliphatic carbocycles. The van der Waals surface area contributed by atoms with Crippen molar-refractivity contribution in [3.8, 4) is 86.9 Å². The fourth-order valence-electron chi connectivity index (χ4n) is 18.4. The number of fused-ring (bicyclic) bond motifs is 4. The van der Waals surface area contributed by atoms with Crippen molar-refractivity contribution in [2.75, 3.05) is 6.61 Å². The SMILES string of the molecule is N#CCC(C1CCCC1)n1cc(-c2nc(OC3OCC(O)C(O)C3O)nc3[nH]ccc23)cn1.N#CCC(C1CCCC1)n1cc(-c2ncnc3[nH]c(OC4OC(C(=O)O)C(O)C(O)C4O)cc23)cn1.N#CCC(C1CCCC1)n1cc(-c2ncnc3[nH]cc(OC4OC(C(=O)O)C(O)C(O)C4O)c23)cn1.N#CCC(C1CCCC1=O)n1cc(-c2ncnc3[nH]ccc23)cn1.O=C=O. The minimum Gasteiger partial charge on any atom is -0.479 e. The number of H-pyrrole nitrogens is 4. The molecule has 7 aliphatic rings. The van der Waals surface area contributed by atoms with Gasteiger partial charge < -0.3 is 105 Å². The van der Waals surface area contributed by atoms with E-state index in [4.69, 9.17) is 43.3 Å². The number of ether oxygens (including phenoxy) is 6. The molecule has 19 atom stereocenters. The molecule has 3 aliphatic heterocycles. The number of carbonyl (C=O) groups excluding carboxylic acids is 3. The van der Waals surface area contributed by atoms with Crippen LogP contribution in [0.25, 0.3) is 89.2 Å². The lowest BCUT2D eigenvalue weighted by atomic mass is 9.95. The van der Waals surface area contributed by atoms with Gasteiger partial charge in [0, 0.05) is 100 Å². The van der Waals surface area contributed by atoms with Crippen molar-refractivity contribution in [1.82, 2.24) is 98.9 Å². The number of aliphatic carboxylic acids is 2. The summed E-state index contributed by atoms with van der Waals surface area (Å²) in [6, 6.07) is 14.1. The van der Waals surface area contributed by atoms with Crippen LogP contribution in [0, 0.1) is 69.0 Å². The third kappa shape index (κ3) is 20.1.